The van der Waals surface area contributed by atoms with E-state index in [1.54, 1.807) is 0 Å². The van der Waals surface area contributed by atoms with Crippen LogP contribution in [-0.2, 0) is 32.7 Å². The number of likely N-dealkylation sites (N-methyl/N-ethyl adjacent to an activating group) is 1. The van der Waals surface area contributed by atoms with E-state index in [0.717, 1.165) is 51.4 Å². The van der Waals surface area contributed by atoms with Gasteiger partial charge in [-0.05, 0) is 38.5 Å². The Hall–Kier alpha value is -1.25. The number of hydrogen-bond donors (Lipinski definition) is 0. The molecule has 0 aliphatic carbocycles. The fourth-order valence-corrected chi connectivity index (χ4v) is 7.67. The summed E-state index contributed by atoms with van der Waals surface area (Å²) in [6.45, 7) is 4.23. The van der Waals surface area contributed by atoms with Crippen molar-refractivity contribution in [3.63, 3.8) is 0 Å². The van der Waals surface area contributed by atoms with Gasteiger partial charge in [-0.2, -0.15) is 0 Å². The van der Waals surface area contributed by atoms with Gasteiger partial charge >= 0.3 is 11.9 Å². The maximum absolute atomic E-state index is 12.7. The average molecular weight is 844 g/mol. The molecule has 0 saturated heterocycles. The molecule has 0 radical (unpaired) electrons. The van der Waals surface area contributed by atoms with Crippen LogP contribution >= 0.6 is 7.82 Å². The zero-order chi connectivity index (χ0) is 42.8. The fourth-order valence-electron chi connectivity index (χ4n) is 6.95. The molecule has 58 heavy (non-hydrogen) atoms. The third-order valence-electron chi connectivity index (χ3n) is 10.8. The first-order valence-corrected chi connectivity index (χ1v) is 25.9. The second-order valence-electron chi connectivity index (χ2n) is 17.8. The normalized spacial score (nSPS) is 13.6. The summed E-state index contributed by atoms with van der Waals surface area (Å²) in [5, 5.41) is 0. The van der Waals surface area contributed by atoms with Crippen LogP contribution in [0.25, 0.3) is 0 Å². The highest BCUT2D eigenvalue weighted by atomic mass is 31.2. The molecule has 10 heteroatoms. The first kappa shape index (κ1) is 56.8. The maximum Gasteiger partial charge on any atom is 0.306 e. The van der Waals surface area contributed by atoms with Crippen molar-refractivity contribution in [2.45, 2.75) is 238 Å². The predicted molar refractivity (Wildman–Crippen MR) is 241 cm³/mol. The van der Waals surface area contributed by atoms with Crippen LogP contribution in [0.1, 0.15) is 232 Å². The van der Waals surface area contributed by atoms with E-state index in [4.69, 9.17) is 18.5 Å². The highest BCUT2D eigenvalue weighted by molar-refractivity contribution is 7.45. The molecule has 0 aromatic heterocycles. The molecular formula is C48H94NO8P. The van der Waals surface area contributed by atoms with Crippen molar-refractivity contribution in [1.29, 1.82) is 0 Å². The summed E-state index contributed by atoms with van der Waals surface area (Å²) in [4.78, 5) is 37.6. The number of rotatable bonds is 45. The van der Waals surface area contributed by atoms with Gasteiger partial charge in [0.25, 0.3) is 7.82 Å². The Kier molecular flexibility index (Phi) is 40.2. The molecule has 0 spiro atoms. The molecule has 1 unspecified atom stereocenters. The lowest BCUT2D eigenvalue weighted by molar-refractivity contribution is -0.870. The number of carbonyl (C=O) groups is 2. The predicted octanol–water partition coefficient (Wildman–Crippen LogP) is 13.5. The van der Waals surface area contributed by atoms with Gasteiger partial charge in [0, 0.05) is 12.8 Å². The first-order chi connectivity index (χ1) is 28.0. The van der Waals surface area contributed by atoms with E-state index in [9.17, 15) is 19.0 Å². The monoisotopic (exact) mass is 844 g/mol. The topological polar surface area (TPSA) is 111 Å². The molecule has 0 bridgehead atoms. The second-order valence-corrected chi connectivity index (χ2v) is 19.2. The van der Waals surface area contributed by atoms with Crippen LogP contribution in [0.2, 0.25) is 0 Å². The van der Waals surface area contributed by atoms with Crippen LogP contribution < -0.4 is 4.89 Å². The van der Waals surface area contributed by atoms with E-state index < -0.39 is 26.5 Å². The first-order valence-electron chi connectivity index (χ1n) is 24.4. The Morgan fingerprint density at radius 1 is 0.517 bits per heavy atom. The molecule has 2 atom stereocenters. The summed E-state index contributed by atoms with van der Waals surface area (Å²) in [6.07, 6.45) is 43.9. The standard InChI is InChI=1S/C48H94NO8P/c1-6-8-10-12-14-16-18-20-21-22-23-24-25-26-27-28-29-31-33-35-37-39-41-48(51)57-46(45-56-58(52,53)55-43-42-49(3,4)5)44-54-47(50)40-38-36-34-32-30-19-17-15-13-11-9-7-2/h15,17,46H,6-14,16,18-45H2,1-5H3/b17-15+/t46-/m1/s1. The quantitative estimate of drug-likeness (QED) is 0.0196. The van der Waals surface area contributed by atoms with E-state index in [0.29, 0.717) is 17.4 Å². The van der Waals surface area contributed by atoms with Gasteiger partial charge in [0.2, 0.25) is 0 Å². The Bertz CT molecular complexity index is 1000. The zero-order valence-corrected chi connectivity index (χ0v) is 39.7. The van der Waals surface area contributed by atoms with Crippen molar-refractivity contribution in [2.24, 2.45) is 0 Å². The maximum atomic E-state index is 12.7. The van der Waals surface area contributed by atoms with Gasteiger partial charge in [0.1, 0.15) is 19.8 Å². The van der Waals surface area contributed by atoms with Gasteiger partial charge in [-0.25, -0.2) is 0 Å². The molecular weight excluding hydrogens is 750 g/mol. The van der Waals surface area contributed by atoms with E-state index in [-0.39, 0.29) is 32.0 Å². The summed E-state index contributed by atoms with van der Waals surface area (Å²) in [5.41, 5.74) is 0. The van der Waals surface area contributed by atoms with Gasteiger partial charge in [-0.15, -0.1) is 0 Å². The summed E-state index contributed by atoms with van der Waals surface area (Å²) in [5.74, 6) is -0.833. The van der Waals surface area contributed by atoms with E-state index in [2.05, 4.69) is 26.0 Å². The minimum atomic E-state index is -4.62. The van der Waals surface area contributed by atoms with Crippen molar-refractivity contribution >= 4 is 19.8 Å². The number of quaternary nitrogens is 1. The van der Waals surface area contributed by atoms with Crippen molar-refractivity contribution in [1.82, 2.24) is 0 Å². The molecule has 0 N–H and O–H groups in total. The SMILES string of the molecule is CCCCC/C=C/CCCCCCCC(=O)OC[C@H](COP(=O)([O-])OCC[N+](C)(C)C)OC(=O)CCCCCCCCCCCCCCCCCCCCCCCC. The largest absolute Gasteiger partial charge is 0.756 e. The Morgan fingerprint density at radius 2 is 0.879 bits per heavy atom. The number of unbranched alkanes of at least 4 members (excludes halogenated alkanes) is 29. The molecule has 0 heterocycles. The molecule has 0 saturated carbocycles. The van der Waals surface area contributed by atoms with Gasteiger partial charge in [0.05, 0.1) is 27.7 Å². The lowest BCUT2D eigenvalue weighted by Gasteiger charge is -2.28. The van der Waals surface area contributed by atoms with E-state index in [1.807, 2.05) is 21.1 Å². The Labute approximate surface area is 358 Å². The molecule has 0 fully saturated rings. The van der Waals surface area contributed by atoms with Crippen LogP contribution in [-0.4, -0.2) is 70.0 Å². The van der Waals surface area contributed by atoms with E-state index in [1.165, 1.54) is 148 Å². The molecule has 0 aliphatic rings. The fraction of sp³-hybridized carbons (Fsp3) is 0.917. The zero-order valence-electron chi connectivity index (χ0n) is 38.8. The lowest BCUT2D eigenvalue weighted by atomic mass is 10.0. The molecule has 0 aliphatic heterocycles. The number of nitrogens with zero attached hydrogens (tertiary/aromatic N) is 1. The third kappa shape index (κ3) is 44.3. The highest BCUT2D eigenvalue weighted by Gasteiger charge is 2.21. The van der Waals surface area contributed by atoms with Gasteiger partial charge in [-0.3, -0.25) is 14.2 Å². The molecule has 0 aromatic rings. The number of phosphoric ester groups is 1. The second kappa shape index (κ2) is 41.1. The third-order valence-corrected chi connectivity index (χ3v) is 11.7. The Balaban J connectivity index is 4.19. The summed E-state index contributed by atoms with van der Waals surface area (Å²) in [6, 6.07) is 0. The minimum Gasteiger partial charge on any atom is -0.756 e. The highest BCUT2D eigenvalue weighted by Crippen LogP contribution is 2.38. The van der Waals surface area contributed by atoms with Crippen LogP contribution in [0.5, 0.6) is 0 Å². The number of carbonyl (C=O) groups excluding carboxylic acids is 2. The molecule has 344 valence electrons. The van der Waals surface area contributed by atoms with E-state index >= 15 is 0 Å². The number of phosphoric acid groups is 1. The summed E-state index contributed by atoms with van der Waals surface area (Å²) < 4.78 is 34.0. The Morgan fingerprint density at radius 3 is 1.31 bits per heavy atom. The van der Waals surface area contributed by atoms with Gasteiger partial charge in [0.15, 0.2) is 6.10 Å². The van der Waals surface area contributed by atoms with Crippen molar-refractivity contribution in [3.05, 3.63) is 12.2 Å². The average Bonchev–Trinajstić information content (AvgIpc) is 3.17. The summed E-state index contributed by atoms with van der Waals surface area (Å²) >= 11 is 0. The van der Waals surface area contributed by atoms with Gasteiger partial charge < -0.3 is 27.9 Å². The summed E-state index contributed by atoms with van der Waals surface area (Å²) in [7, 11) is 1.17. The molecule has 0 amide bonds. The van der Waals surface area contributed by atoms with Crippen molar-refractivity contribution < 1.29 is 42.1 Å². The molecule has 0 aromatic carbocycles. The van der Waals surface area contributed by atoms with Crippen LogP contribution in [0, 0.1) is 0 Å². The molecule has 0 rings (SSSR count). The smallest absolute Gasteiger partial charge is 0.306 e. The number of hydrogen-bond acceptors (Lipinski definition) is 8. The van der Waals surface area contributed by atoms with Crippen LogP contribution in [0.15, 0.2) is 12.2 Å². The van der Waals surface area contributed by atoms with Crippen LogP contribution in [0.4, 0.5) is 0 Å². The van der Waals surface area contributed by atoms with Crippen molar-refractivity contribution in [2.75, 3.05) is 47.5 Å². The minimum absolute atomic E-state index is 0.0288. The van der Waals surface area contributed by atoms with Gasteiger partial charge in [-0.1, -0.05) is 193 Å². The number of allylic oxidation sites excluding steroid dienone is 2. The molecule has 9 nitrogen and oxygen atoms in total. The number of ether oxygens (including phenoxy) is 2. The number of esters is 2. The van der Waals surface area contributed by atoms with Crippen LogP contribution in [0.3, 0.4) is 0 Å². The van der Waals surface area contributed by atoms with Crippen molar-refractivity contribution in [3.8, 4) is 0 Å². The lowest BCUT2D eigenvalue weighted by Crippen LogP contribution is -2.37.